The maximum absolute atomic E-state index is 12.2. The van der Waals surface area contributed by atoms with E-state index in [-0.39, 0.29) is 11.7 Å². The molecule has 0 aliphatic heterocycles. The van der Waals surface area contributed by atoms with Crippen molar-refractivity contribution in [2.45, 2.75) is 38.0 Å². The summed E-state index contributed by atoms with van der Waals surface area (Å²) in [6.45, 7) is 7.07. The summed E-state index contributed by atoms with van der Waals surface area (Å²) in [6.07, 6.45) is 4.00. The van der Waals surface area contributed by atoms with E-state index in [1.807, 2.05) is 34.9 Å². The Kier molecular flexibility index (Phi) is 7.91. The van der Waals surface area contributed by atoms with E-state index in [9.17, 15) is 4.79 Å². The molecule has 0 aliphatic rings. The quantitative estimate of drug-likeness (QED) is 0.343. The normalized spacial score (nSPS) is 10.8. The van der Waals surface area contributed by atoms with Crippen LogP contribution in [0, 0.1) is 0 Å². The summed E-state index contributed by atoms with van der Waals surface area (Å²) >= 11 is 9.00. The van der Waals surface area contributed by atoms with Crippen LogP contribution in [0.2, 0.25) is 5.02 Å². The van der Waals surface area contributed by atoms with E-state index in [1.165, 1.54) is 16.6 Å². The predicted molar refractivity (Wildman–Crippen MR) is 122 cm³/mol. The Bertz CT molecular complexity index is 965. The second kappa shape index (κ2) is 10.6. The molecular formula is C21H23ClN4OS2. The Balaban J connectivity index is 1.62. The number of carbonyl (C=O) groups is 1. The summed E-state index contributed by atoms with van der Waals surface area (Å²) in [4.78, 5) is 13.6. The molecule has 1 N–H and O–H groups in total. The van der Waals surface area contributed by atoms with E-state index in [0.29, 0.717) is 23.3 Å². The zero-order valence-electron chi connectivity index (χ0n) is 16.2. The maximum Gasteiger partial charge on any atom is 0.230 e. The molecule has 0 saturated carbocycles. The summed E-state index contributed by atoms with van der Waals surface area (Å²) in [5, 5.41) is 15.1. The number of amides is 1. The largest absolute Gasteiger partial charge is 0.351 e. The van der Waals surface area contributed by atoms with E-state index in [1.54, 1.807) is 11.3 Å². The van der Waals surface area contributed by atoms with Crippen LogP contribution < -0.4 is 5.32 Å². The van der Waals surface area contributed by atoms with Gasteiger partial charge in [0.1, 0.15) is 0 Å². The molecule has 1 aromatic carbocycles. The number of aromatic nitrogens is 3. The fraction of sp³-hybridized carbons (Fsp3) is 0.286. The van der Waals surface area contributed by atoms with Crippen molar-refractivity contribution >= 4 is 40.6 Å². The summed E-state index contributed by atoms with van der Waals surface area (Å²) in [6, 6.07) is 9.60. The van der Waals surface area contributed by atoms with E-state index < -0.39 is 0 Å². The van der Waals surface area contributed by atoms with Crippen LogP contribution in [0.15, 0.2) is 53.5 Å². The van der Waals surface area contributed by atoms with Gasteiger partial charge in [0.15, 0.2) is 11.0 Å². The molecule has 3 rings (SSSR count). The van der Waals surface area contributed by atoms with Crippen molar-refractivity contribution in [2.24, 2.45) is 0 Å². The molecule has 3 aromatic rings. The van der Waals surface area contributed by atoms with Crippen LogP contribution in [0.25, 0.3) is 11.4 Å². The van der Waals surface area contributed by atoms with E-state index >= 15 is 0 Å². The van der Waals surface area contributed by atoms with Crippen molar-refractivity contribution in [3.63, 3.8) is 0 Å². The highest BCUT2D eigenvalue weighted by molar-refractivity contribution is 7.99. The zero-order valence-corrected chi connectivity index (χ0v) is 18.6. The van der Waals surface area contributed by atoms with Gasteiger partial charge in [-0.2, -0.15) is 0 Å². The molecule has 0 atom stereocenters. The molecule has 0 fully saturated rings. The molecule has 1 amide bonds. The first-order chi connectivity index (χ1) is 14.1. The Hall–Kier alpha value is -2.09. The number of halogens is 1. The zero-order chi connectivity index (χ0) is 20.6. The summed E-state index contributed by atoms with van der Waals surface area (Å²) in [7, 11) is 0. The summed E-state index contributed by atoms with van der Waals surface area (Å²) < 4.78 is 2.00. The van der Waals surface area contributed by atoms with Gasteiger partial charge in [0, 0.05) is 33.9 Å². The van der Waals surface area contributed by atoms with Gasteiger partial charge in [-0.05, 0) is 30.2 Å². The highest BCUT2D eigenvalue weighted by Gasteiger charge is 2.16. The molecule has 0 aliphatic carbocycles. The number of thiophene rings is 1. The highest BCUT2D eigenvalue weighted by Crippen LogP contribution is 2.28. The number of rotatable bonds is 10. The molecular weight excluding hydrogens is 424 g/mol. The second-order valence-electron chi connectivity index (χ2n) is 6.45. The highest BCUT2D eigenvalue weighted by atomic mass is 35.5. The molecule has 0 saturated heterocycles. The van der Waals surface area contributed by atoms with Crippen LogP contribution >= 0.6 is 34.7 Å². The van der Waals surface area contributed by atoms with E-state index in [0.717, 1.165) is 29.8 Å². The second-order valence-corrected chi connectivity index (χ2v) is 8.82. The standard InChI is InChI=1S/C21H23ClN4OS2/c1-3-5-18-11-16(13-28-18)20-24-25-21(26(20)10-4-2)29-14-19(27)23-12-15-6-8-17(22)9-7-15/h4,6-9,11,13H,2-3,5,10,12,14H2,1H3,(H,23,27). The maximum atomic E-state index is 12.2. The first kappa shape index (κ1) is 21.6. The van der Waals surface area contributed by atoms with Crippen LogP contribution in [0.4, 0.5) is 0 Å². The predicted octanol–water partition coefficient (Wildman–Crippen LogP) is 5.21. The molecule has 0 radical (unpaired) electrons. The third kappa shape index (κ3) is 5.95. The van der Waals surface area contributed by atoms with E-state index in [4.69, 9.17) is 11.6 Å². The molecule has 0 spiro atoms. The lowest BCUT2D eigenvalue weighted by Crippen LogP contribution is -2.24. The molecule has 0 bridgehead atoms. The number of aryl methyl sites for hydroxylation is 1. The smallest absolute Gasteiger partial charge is 0.230 e. The molecule has 5 nitrogen and oxygen atoms in total. The molecule has 0 unspecified atom stereocenters. The number of allylic oxidation sites excluding steroid dienone is 1. The Morgan fingerprint density at radius 3 is 2.86 bits per heavy atom. The molecule has 29 heavy (non-hydrogen) atoms. The van der Waals surface area contributed by atoms with Gasteiger partial charge in [0.25, 0.3) is 0 Å². The summed E-state index contributed by atoms with van der Waals surface area (Å²) in [5.41, 5.74) is 2.07. The Labute approximate surface area is 184 Å². The monoisotopic (exact) mass is 446 g/mol. The van der Waals surface area contributed by atoms with Crippen molar-refractivity contribution in [2.75, 3.05) is 5.75 Å². The fourth-order valence-electron chi connectivity index (χ4n) is 2.76. The van der Waals surface area contributed by atoms with Crippen LogP contribution in [-0.4, -0.2) is 26.4 Å². The fourth-order valence-corrected chi connectivity index (χ4v) is 4.63. The van der Waals surface area contributed by atoms with Crippen LogP contribution in [-0.2, 0) is 24.3 Å². The van der Waals surface area contributed by atoms with Crippen molar-refractivity contribution in [3.05, 3.63) is 63.8 Å². The average Bonchev–Trinajstić information content (AvgIpc) is 3.33. The number of nitrogens with one attached hydrogen (secondary N) is 1. The first-order valence-corrected chi connectivity index (χ1v) is 11.6. The lowest BCUT2D eigenvalue weighted by Gasteiger charge is -2.08. The van der Waals surface area contributed by atoms with Gasteiger partial charge in [-0.3, -0.25) is 9.36 Å². The molecule has 152 valence electrons. The minimum absolute atomic E-state index is 0.0552. The van der Waals surface area contributed by atoms with Crippen LogP contribution in [0.5, 0.6) is 0 Å². The third-order valence-corrected chi connectivity index (χ3v) is 6.39. The third-order valence-electron chi connectivity index (χ3n) is 4.17. The van der Waals surface area contributed by atoms with E-state index in [2.05, 4.69) is 40.5 Å². The topological polar surface area (TPSA) is 59.8 Å². The SMILES string of the molecule is C=CCn1c(SCC(=O)NCc2ccc(Cl)cc2)nnc1-c1csc(CCC)c1. The van der Waals surface area contributed by atoms with Gasteiger partial charge in [-0.15, -0.1) is 28.1 Å². The number of hydrogen-bond donors (Lipinski definition) is 1. The van der Waals surface area contributed by atoms with Gasteiger partial charge in [0.05, 0.1) is 5.75 Å². The lowest BCUT2D eigenvalue weighted by atomic mass is 10.2. The number of carbonyl (C=O) groups excluding carboxylic acids is 1. The van der Waals surface area contributed by atoms with Crippen molar-refractivity contribution in [1.82, 2.24) is 20.1 Å². The number of hydrogen-bond acceptors (Lipinski definition) is 5. The van der Waals surface area contributed by atoms with Crippen molar-refractivity contribution in [1.29, 1.82) is 0 Å². The summed E-state index contributed by atoms with van der Waals surface area (Å²) in [5.74, 6) is 1.03. The minimum atomic E-state index is -0.0552. The molecule has 8 heteroatoms. The van der Waals surface area contributed by atoms with Gasteiger partial charge < -0.3 is 5.32 Å². The van der Waals surface area contributed by atoms with Crippen LogP contribution in [0.3, 0.4) is 0 Å². The molecule has 2 heterocycles. The Morgan fingerprint density at radius 2 is 2.14 bits per heavy atom. The minimum Gasteiger partial charge on any atom is -0.351 e. The van der Waals surface area contributed by atoms with Gasteiger partial charge in [-0.1, -0.05) is 54.9 Å². The number of benzene rings is 1. The van der Waals surface area contributed by atoms with Crippen molar-refractivity contribution in [3.8, 4) is 11.4 Å². The van der Waals surface area contributed by atoms with Gasteiger partial charge in [-0.25, -0.2) is 0 Å². The van der Waals surface area contributed by atoms with Gasteiger partial charge in [0.2, 0.25) is 5.91 Å². The number of thioether (sulfide) groups is 1. The number of nitrogens with zero attached hydrogens (tertiary/aromatic N) is 3. The Morgan fingerprint density at radius 1 is 1.34 bits per heavy atom. The molecule has 2 aromatic heterocycles. The average molecular weight is 447 g/mol. The first-order valence-electron chi connectivity index (χ1n) is 9.36. The van der Waals surface area contributed by atoms with Crippen molar-refractivity contribution < 1.29 is 4.79 Å². The van der Waals surface area contributed by atoms with Gasteiger partial charge >= 0.3 is 0 Å². The van der Waals surface area contributed by atoms with Crippen LogP contribution in [0.1, 0.15) is 23.8 Å². The lowest BCUT2D eigenvalue weighted by molar-refractivity contribution is -0.118.